The van der Waals surface area contributed by atoms with E-state index >= 15 is 0 Å². The summed E-state index contributed by atoms with van der Waals surface area (Å²) in [5, 5.41) is 6.98. The van der Waals surface area contributed by atoms with E-state index in [0.29, 0.717) is 18.4 Å². The van der Waals surface area contributed by atoms with Crippen LogP contribution in [0.3, 0.4) is 0 Å². The Morgan fingerprint density at radius 2 is 1.74 bits per heavy atom. The predicted molar refractivity (Wildman–Crippen MR) is 135 cm³/mol. The maximum Gasteiger partial charge on any atom is 0.255 e. The molecule has 0 aliphatic carbocycles. The lowest BCUT2D eigenvalue weighted by molar-refractivity contribution is -0.132. The third kappa shape index (κ3) is 3.99. The molecule has 0 saturated heterocycles. The molecule has 3 atom stereocenters. The molecule has 0 fully saturated rings. The fraction of sp³-hybridized carbons (Fsp3) is 0.393. The minimum atomic E-state index is -0.715. The van der Waals surface area contributed by atoms with E-state index in [0.717, 1.165) is 27.7 Å². The van der Waals surface area contributed by atoms with Gasteiger partial charge >= 0.3 is 0 Å². The highest BCUT2D eigenvalue weighted by atomic mass is 16.2. The Bertz CT molecular complexity index is 1310. The molecule has 0 unspecified atom stereocenters. The molecular formula is C28H32N4O3. The predicted octanol–water partition coefficient (Wildman–Crippen LogP) is 3.69. The number of fused-ring (bicyclic) bond motifs is 7. The summed E-state index contributed by atoms with van der Waals surface area (Å²) < 4.78 is 0. The second-order valence-corrected chi connectivity index (χ2v) is 10.3. The van der Waals surface area contributed by atoms with Gasteiger partial charge in [0.15, 0.2) is 0 Å². The smallest absolute Gasteiger partial charge is 0.255 e. The van der Waals surface area contributed by atoms with Crippen LogP contribution in [0.2, 0.25) is 0 Å². The first-order valence-electron chi connectivity index (χ1n) is 12.4. The van der Waals surface area contributed by atoms with E-state index in [-0.39, 0.29) is 35.7 Å². The van der Waals surface area contributed by atoms with Crippen molar-refractivity contribution in [3.05, 3.63) is 70.9 Å². The minimum Gasteiger partial charge on any atom is -0.356 e. The van der Waals surface area contributed by atoms with Gasteiger partial charge in [-0.1, -0.05) is 50.2 Å². The minimum absolute atomic E-state index is 0.0310. The largest absolute Gasteiger partial charge is 0.356 e. The van der Waals surface area contributed by atoms with Crippen LogP contribution in [0.1, 0.15) is 67.3 Å². The van der Waals surface area contributed by atoms with Crippen molar-refractivity contribution in [2.75, 3.05) is 0 Å². The maximum absolute atomic E-state index is 13.8. The second kappa shape index (κ2) is 8.87. The first-order valence-corrected chi connectivity index (χ1v) is 12.4. The van der Waals surface area contributed by atoms with Gasteiger partial charge in [0.1, 0.15) is 12.1 Å². The summed E-state index contributed by atoms with van der Waals surface area (Å²) in [4.78, 5) is 45.5. The molecule has 0 radical (unpaired) electrons. The van der Waals surface area contributed by atoms with E-state index in [9.17, 15) is 14.4 Å². The van der Waals surface area contributed by atoms with Gasteiger partial charge in [-0.25, -0.2) is 0 Å². The molecule has 0 spiro atoms. The molecule has 1 aromatic heterocycles. The van der Waals surface area contributed by atoms with E-state index in [1.165, 1.54) is 0 Å². The number of carbonyl (C=O) groups excluding carboxylic acids is 3. The number of hydrogen-bond acceptors (Lipinski definition) is 3. The van der Waals surface area contributed by atoms with Crippen molar-refractivity contribution >= 4 is 28.6 Å². The Labute approximate surface area is 205 Å². The molecule has 2 aliphatic rings. The Morgan fingerprint density at radius 1 is 1.03 bits per heavy atom. The number of aromatic nitrogens is 1. The van der Waals surface area contributed by atoms with Gasteiger partial charge in [-0.15, -0.1) is 0 Å². The number of nitrogens with zero attached hydrogens (tertiary/aromatic N) is 1. The van der Waals surface area contributed by atoms with Crippen molar-refractivity contribution in [3.8, 4) is 0 Å². The number of nitrogens with one attached hydrogen (secondary N) is 3. The Hall–Kier alpha value is -3.61. The SMILES string of the molecule is CC(C)C[C@H](NC(=O)[C@@H]1Cc2c([nH]c3ccccc23)[C@H]2c3ccccc3C(=O)N21)C(=O)NC(C)C. The molecule has 182 valence electrons. The molecule has 35 heavy (non-hydrogen) atoms. The first kappa shape index (κ1) is 23.1. The van der Waals surface area contributed by atoms with Gasteiger partial charge in [0.25, 0.3) is 5.91 Å². The molecule has 2 aromatic carbocycles. The van der Waals surface area contributed by atoms with Crippen LogP contribution in [-0.4, -0.2) is 45.7 Å². The quantitative estimate of drug-likeness (QED) is 0.511. The van der Waals surface area contributed by atoms with Crippen molar-refractivity contribution < 1.29 is 14.4 Å². The summed E-state index contributed by atoms with van der Waals surface area (Å²) in [7, 11) is 0. The Balaban J connectivity index is 1.55. The highest BCUT2D eigenvalue weighted by molar-refractivity contribution is 6.04. The van der Waals surface area contributed by atoms with E-state index in [1.807, 2.05) is 70.2 Å². The van der Waals surface area contributed by atoms with Crippen molar-refractivity contribution in [1.29, 1.82) is 0 Å². The van der Waals surface area contributed by atoms with Crippen molar-refractivity contribution in [1.82, 2.24) is 20.5 Å². The van der Waals surface area contributed by atoms with Crippen LogP contribution in [0.25, 0.3) is 10.9 Å². The molecule has 7 heteroatoms. The van der Waals surface area contributed by atoms with Crippen LogP contribution < -0.4 is 10.6 Å². The standard InChI is InChI=1S/C28H32N4O3/c1-15(2)13-22(26(33)29-16(3)4)31-27(34)23-14-20-17-9-7-8-12-21(17)30-24(20)25-18-10-5-6-11-19(18)28(35)32(23)25/h5-12,15-16,22-23,25,30H,13-14H2,1-4H3,(H,29,33)(H,31,34)/t22-,23-,25+/m0/s1. The summed E-state index contributed by atoms with van der Waals surface area (Å²) in [6.45, 7) is 7.85. The Morgan fingerprint density at radius 3 is 2.49 bits per heavy atom. The number of hydrogen-bond donors (Lipinski definition) is 3. The summed E-state index contributed by atoms with van der Waals surface area (Å²) in [6, 6.07) is 13.8. The molecule has 3 heterocycles. The monoisotopic (exact) mass is 472 g/mol. The molecule has 3 aromatic rings. The van der Waals surface area contributed by atoms with Gasteiger partial charge in [-0.3, -0.25) is 14.4 Å². The van der Waals surface area contributed by atoms with Crippen LogP contribution in [0.15, 0.2) is 48.5 Å². The zero-order valence-corrected chi connectivity index (χ0v) is 20.6. The van der Waals surface area contributed by atoms with E-state index in [2.05, 4.69) is 21.7 Å². The molecule has 3 N–H and O–H groups in total. The lowest BCUT2D eigenvalue weighted by Crippen LogP contribution is -2.57. The van der Waals surface area contributed by atoms with Crippen molar-refractivity contribution in [3.63, 3.8) is 0 Å². The van der Waals surface area contributed by atoms with E-state index < -0.39 is 12.1 Å². The number of para-hydroxylation sites is 1. The van der Waals surface area contributed by atoms with Gasteiger partial charge in [-0.2, -0.15) is 0 Å². The molecular weight excluding hydrogens is 440 g/mol. The lowest BCUT2D eigenvalue weighted by Gasteiger charge is -2.38. The van der Waals surface area contributed by atoms with Gasteiger partial charge in [0.2, 0.25) is 11.8 Å². The summed E-state index contributed by atoms with van der Waals surface area (Å²) in [5.41, 5.74) is 4.53. The molecule has 0 bridgehead atoms. The maximum atomic E-state index is 13.8. The zero-order chi connectivity index (χ0) is 24.9. The number of aromatic amines is 1. The number of benzene rings is 2. The summed E-state index contributed by atoms with van der Waals surface area (Å²) in [6.07, 6.45) is 0.911. The fourth-order valence-corrected chi connectivity index (χ4v) is 5.49. The molecule has 3 amide bonds. The first-order chi connectivity index (χ1) is 16.8. The van der Waals surface area contributed by atoms with Crippen molar-refractivity contribution in [2.24, 2.45) is 5.92 Å². The topological polar surface area (TPSA) is 94.3 Å². The highest BCUT2D eigenvalue weighted by Crippen LogP contribution is 2.46. The summed E-state index contributed by atoms with van der Waals surface area (Å²) in [5.74, 6) is -0.424. The van der Waals surface area contributed by atoms with Gasteiger partial charge in [0.05, 0.1) is 6.04 Å². The van der Waals surface area contributed by atoms with Gasteiger partial charge in [-0.05, 0) is 49.4 Å². The average molecular weight is 473 g/mol. The highest BCUT2D eigenvalue weighted by Gasteiger charge is 2.49. The third-order valence-corrected chi connectivity index (χ3v) is 6.93. The van der Waals surface area contributed by atoms with Gasteiger partial charge < -0.3 is 20.5 Å². The van der Waals surface area contributed by atoms with Crippen LogP contribution in [-0.2, 0) is 16.0 Å². The van der Waals surface area contributed by atoms with Crippen LogP contribution in [0, 0.1) is 5.92 Å². The van der Waals surface area contributed by atoms with Crippen molar-refractivity contribution in [2.45, 2.75) is 64.7 Å². The third-order valence-electron chi connectivity index (χ3n) is 6.93. The van der Waals surface area contributed by atoms with Crippen LogP contribution >= 0.6 is 0 Å². The second-order valence-electron chi connectivity index (χ2n) is 10.3. The van der Waals surface area contributed by atoms with Gasteiger partial charge in [0, 0.05) is 34.6 Å². The number of carbonyl (C=O) groups is 3. The Kier molecular flexibility index (Phi) is 5.87. The number of H-pyrrole nitrogens is 1. The molecule has 5 rings (SSSR count). The van der Waals surface area contributed by atoms with E-state index in [4.69, 9.17) is 0 Å². The molecule has 0 saturated carbocycles. The molecule has 7 nitrogen and oxygen atoms in total. The molecule has 2 aliphatic heterocycles. The number of amides is 3. The summed E-state index contributed by atoms with van der Waals surface area (Å²) >= 11 is 0. The van der Waals surface area contributed by atoms with E-state index in [1.54, 1.807) is 4.90 Å². The normalized spacial score (nSPS) is 19.5. The van der Waals surface area contributed by atoms with Crippen LogP contribution in [0.4, 0.5) is 0 Å². The lowest BCUT2D eigenvalue weighted by atomic mass is 9.89. The average Bonchev–Trinajstić information content (AvgIpc) is 3.33. The fourth-order valence-electron chi connectivity index (χ4n) is 5.49. The number of rotatable bonds is 6. The zero-order valence-electron chi connectivity index (χ0n) is 20.6. The van der Waals surface area contributed by atoms with Crippen LogP contribution in [0.5, 0.6) is 0 Å².